The lowest BCUT2D eigenvalue weighted by atomic mass is 9.94. The van der Waals surface area contributed by atoms with E-state index in [1.807, 2.05) is 0 Å². The summed E-state index contributed by atoms with van der Waals surface area (Å²) in [6, 6.07) is 0.625. The van der Waals surface area contributed by atoms with Gasteiger partial charge in [0, 0.05) is 12.6 Å². The zero-order valence-corrected chi connectivity index (χ0v) is 11.1. The van der Waals surface area contributed by atoms with Crippen molar-refractivity contribution in [3.8, 4) is 0 Å². The highest BCUT2D eigenvalue weighted by atomic mass is 35.5. The monoisotopic (exact) mass is 248 g/mol. The molecule has 0 radical (unpaired) electrons. The minimum Gasteiger partial charge on any atom is -0.379 e. The van der Waals surface area contributed by atoms with Gasteiger partial charge in [-0.05, 0) is 51.7 Å². The number of ether oxygens (including phenoxy) is 1. The molecule has 2 aliphatic heterocycles. The van der Waals surface area contributed by atoms with Crippen LogP contribution in [0.4, 0.5) is 0 Å². The largest absolute Gasteiger partial charge is 0.379 e. The summed E-state index contributed by atoms with van der Waals surface area (Å²) in [5.74, 6) is 0.960. The van der Waals surface area contributed by atoms with E-state index in [1.165, 1.54) is 38.9 Å². The molecule has 0 aliphatic carbocycles. The van der Waals surface area contributed by atoms with E-state index < -0.39 is 0 Å². The Morgan fingerprint density at radius 1 is 1.31 bits per heavy atom. The molecule has 0 aromatic heterocycles. The molecule has 4 heteroatoms. The Labute approximate surface area is 105 Å². The van der Waals surface area contributed by atoms with Crippen molar-refractivity contribution in [3.05, 3.63) is 0 Å². The number of nitrogens with one attached hydrogen (secondary N) is 1. The smallest absolute Gasteiger partial charge is 0.0619 e. The van der Waals surface area contributed by atoms with Crippen molar-refractivity contribution in [2.75, 3.05) is 39.4 Å². The summed E-state index contributed by atoms with van der Waals surface area (Å²) in [7, 11) is 0. The first kappa shape index (κ1) is 14.2. The van der Waals surface area contributed by atoms with E-state index in [9.17, 15) is 0 Å². The van der Waals surface area contributed by atoms with Crippen molar-refractivity contribution in [1.29, 1.82) is 0 Å². The van der Waals surface area contributed by atoms with Crippen LogP contribution < -0.4 is 5.32 Å². The molecule has 0 spiro atoms. The van der Waals surface area contributed by atoms with Crippen molar-refractivity contribution in [1.82, 2.24) is 10.2 Å². The van der Waals surface area contributed by atoms with Crippen LogP contribution in [0.3, 0.4) is 0 Å². The predicted octanol–water partition coefficient (Wildman–Crippen LogP) is 1.52. The zero-order chi connectivity index (χ0) is 10.5. The van der Waals surface area contributed by atoms with Crippen molar-refractivity contribution in [3.63, 3.8) is 0 Å². The lowest BCUT2D eigenvalue weighted by Crippen LogP contribution is -2.44. The molecule has 2 aliphatic rings. The molecular formula is C12H25ClN2O. The summed E-state index contributed by atoms with van der Waals surface area (Å²) in [6.45, 7) is 8.98. The van der Waals surface area contributed by atoms with E-state index in [-0.39, 0.29) is 12.4 Å². The summed E-state index contributed by atoms with van der Waals surface area (Å²) in [5.41, 5.74) is 0. The van der Waals surface area contributed by atoms with Gasteiger partial charge in [0.1, 0.15) is 0 Å². The van der Waals surface area contributed by atoms with Gasteiger partial charge in [-0.15, -0.1) is 12.4 Å². The highest BCUT2D eigenvalue weighted by molar-refractivity contribution is 5.85. The molecule has 1 N–H and O–H groups in total. The van der Waals surface area contributed by atoms with Crippen molar-refractivity contribution in [2.45, 2.75) is 32.2 Å². The number of hydrogen-bond acceptors (Lipinski definition) is 3. The number of halogens is 1. The van der Waals surface area contributed by atoms with Crippen molar-refractivity contribution >= 4 is 12.4 Å². The first-order chi connectivity index (χ1) is 7.36. The highest BCUT2D eigenvalue weighted by Gasteiger charge is 2.20. The molecule has 1 unspecified atom stereocenters. The number of morpholine rings is 1. The van der Waals surface area contributed by atoms with E-state index in [0.29, 0.717) is 6.04 Å². The molecule has 3 nitrogen and oxygen atoms in total. The van der Waals surface area contributed by atoms with Gasteiger partial charge in [-0.3, -0.25) is 4.90 Å². The summed E-state index contributed by atoms with van der Waals surface area (Å²) < 4.78 is 5.45. The van der Waals surface area contributed by atoms with Crippen LogP contribution in [0.2, 0.25) is 0 Å². The maximum Gasteiger partial charge on any atom is 0.0619 e. The average Bonchev–Trinajstić information content (AvgIpc) is 2.29. The fourth-order valence-corrected chi connectivity index (χ4v) is 2.61. The SMILES string of the molecule is CC1COCCN1CCC1CCNCC1.Cl. The van der Waals surface area contributed by atoms with Crippen LogP contribution in [0.1, 0.15) is 26.2 Å². The van der Waals surface area contributed by atoms with Crippen LogP contribution in [0, 0.1) is 5.92 Å². The van der Waals surface area contributed by atoms with E-state index in [0.717, 1.165) is 25.7 Å². The summed E-state index contributed by atoms with van der Waals surface area (Å²) in [6.07, 6.45) is 4.13. The van der Waals surface area contributed by atoms with Crippen LogP contribution >= 0.6 is 12.4 Å². The molecule has 2 heterocycles. The Morgan fingerprint density at radius 3 is 2.75 bits per heavy atom. The number of piperidine rings is 1. The molecular weight excluding hydrogens is 224 g/mol. The number of hydrogen-bond donors (Lipinski definition) is 1. The van der Waals surface area contributed by atoms with Crippen LogP contribution in [0.5, 0.6) is 0 Å². The van der Waals surface area contributed by atoms with Crippen molar-refractivity contribution < 1.29 is 4.74 Å². The maximum absolute atomic E-state index is 5.45. The summed E-state index contributed by atoms with van der Waals surface area (Å²) >= 11 is 0. The minimum atomic E-state index is 0. The second-order valence-electron chi connectivity index (χ2n) is 4.94. The highest BCUT2D eigenvalue weighted by Crippen LogP contribution is 2.17. The second kappa shape index (κ2) is 7.49. The topological polar surface area (TPSA) is 24.5 Å². The number of nitrogens with zero attached hydrogens (tertiary/aromatic N) is 1. The number of rotatable bonds is 3. The molecule has 0 saturated carbocycles. The normalized spacial score (nSPS) is 28.7. The average molecular weight is 249 g/mol. The van der Waals surface area contributed by atoms with E-state index in [1.54, 1.807) is 0 Å². The van der Waals surface area contributed by atoms with E-state index >= 15 is 0 Å². The Hall–Kier alpha value is 0.170. The van der Waals surface area contributed by atoms with Gasteiger partial charge in [0.2, 0.25) is 0 Å². The first-order valence-electron chi connectivity index (χ1n) is 6.39. The zero-order valence-electron chi connectivity index (χ0n) is 10.3. The predicted molar refractivity (Wildman–Crippen MR) is 69.3 cm³/mol. The second-order valence-corrected chi connectivity index (χ2v) is 4.94. The van der Waals surface area contributed by atoms with Gasteiger partial charge in [-0.1, -0.05) is 0 Å². The van der Waals surface area contributed by atoms with Gasteiger partial charge in [-0.2, -0.15) is 0 Å². The van der Waals surface area contributed by atoms with Gasteiger partial charge in [0.25, 0.3) is 0 Å². The van der Waals surface area contributed by atoms with Crippen LogP contribution in [0.25, 0.3) is 0 Å². The van der Waals surface area contributed by atoms with Gasteiger partial charge in [0.15, 0.2) is 0 Å². The van der Waals surface area contributed by atoms with Crippen molar-refractivity contribution in [2.24, 2.45) is 5.92 Å². The summed E-state index contributed by atoms with van der Waals surface area (Å²) in [5, 5.41) is 3.43. The maximum atomic E-state index is 5.45. The van der Waals surface area contributed by atoms with Gasteiger partial charge < -0.3 is 10.1 Å². The Morgan fingerprint density at radius 2 is 2.06 bits per heavy atom. The molecule has 0 aromatic carbocycles. The Bertz CT molecular complexity index is 186. The molecule has 2 fully saturated rings. The Kier molecular flexibility index (Phi) is 6.66. The van der Waals surface area contributed by atoms with Gasteiger partial charge in [0.05, 0.1) is 13.2 Å². The summed E-state index contributed by atoms with van der Waals surface area (Å²) in [4.78, 5) is 2.59. The first-order valence-corrected chi connectivity index (χ1v) is 6.39. The molecule has 0 aromatic rings. The van der Waals surface area contributed by atoms with E-state index in [4.69, 9.17) is 4.74 Å². The van der Waals surface area contributed by atoms with Gasteiger partial charge in [-0.25, -0.2) is 0 Å². The molecule has 1 atom stereocenters. The molecule has 2 rings (SSSR count). The lowest BCUT2D eigenvalue weighted by molar-refractivity contribution is -0.00303. The molecule has 96 valence electrons. The third-order valence-corrected chi connectivity index (χ3v) is 3.79. The van der Waals surface area contributed by atoms with Crippen LogP contribution in [-0.4, -0.2) is 50.3 Å². The lowest BCUT2D eigenvalue weighted by Gasteiger charge is -2.34. The third-order valence-electron chi connectivity index (χ3n) is 3.79. The third kappa shape index (κ3) is 4.21. The quantitative estimate of drug-likeness (QED) is 0.820. The molecule has 2 saturated heterocycles. The van der Waals surface area contributed by atoms with Gasteiger partial charge >= 0.3 is 0 Å². The molecule has 0 amide bonds. The van der Waals surface area contributed by atoms with Crippen LogP contribution in [-0.2, 0) is 4.74 Å². The fraction of sp³-hybridized carbons (Fsp3) is 1.00. The molecule has 16 heavy (non-hydrogen) atoms. The standard InChI is InChI=1S/C12H24N2O.ClH/c1-11-10-15-9-8-14(11)7-4-12-2-5-13-6-3-12;/h11-13H,2-10H2,1H3;1H. The minimum absolute atomic E-state index is 0. The van der Waals surface area contributed by atoms with Crippen LogP contribution in [0.15, 0.2) is 0 Å². The Balaban J connectivity index is 0.00000128. The molecule has 0 bridgehead atoms. The fourth-order valence-electron chi connectivity index (χ4n) is 2.61. The van der Waals surface area contributed by atoms with E-state index in [2.05, 4.69) is 17.1 Å².